The van der Waals surface area contributed by atoms with Gasteiger partial charge in [0.25, 0.3) is 5.91 Å². The van der Waals surface area contributed by atoms with Crippen molar-refractivity contribution < 1.29 is 9.32 Å². The maximum Gasteiger partial charge on any atom is 0.273 e. The van der Waals surface area contributed by atoms with Gasteiger partial charge in [0.15, 0.2) is 11.5 Å². The second-order valence-corrected chi connectivity index (χ2v) is 4.83. The van der Waals surface area contributed by atoms with Gasteiger partial charge in [-0.25, -0.2) is 0 Å². The summed E-state index contributed by atoms with van der Waals surface area (Å²) >= 11 is 0. The highest BCUT2D eigenvalue weighted by molar-refractivity contribution is 5.93. The molecule has 0 aliphatic carbocycles. The van der Waals surface area contributed by atoms with E-state index in [-0.39, 0.29) is 36.8 Å². The molecule has 2 aromatic heterocycles. The SMILES string of the molecule is Cl.Cl.O=C(N[C@H]1CCCNC1)c1cc(-c2cccnc2)on1. The van der Waals surface area contributed by atoms with Crippen LogP contribution in [0.1, 0.15) is 23.3 Å². The summed E-state index contributed by atoms with van der Waals surface area (Å²) in [5.41, 5.74) is 1.10. The summed E-state index contributed by atoms with van der Waals surface area (Å²) in [6.45, 7) is 1.82. The number of hydrogen-bond donors (Lipinski definition) is 2. The Morgan fingerprint density at radius 1 is 1.41 bits per heavy atom. The molecule has 0 radical (unpaired) electrons. The smallest absolute Gasteiger partial charge is 0.273 e. The summed E-state index contributed by atoms with van der Waals surface area (Å²) in [7, 11) is 0. The lowest BCUT2D eigenvalue weighted by Gasteiger charge is -2.23. The van der Waals surface area contributed by atoms with E-state index in [2.05, 4.69) is 20.8 Å². The van der Waals surface area contributed by atoms with Gasteiger partial charge in [0.1, 0.15) is 0 Å². The first-order valence-corrected chi connectivity index (χ1v) is 6.71. The molecule has 0 aromatic carbocycles. The number of aromatic nitrogens is 2. The molecule has 3 heterocycles. The van der Waals surface area contributed by atoms with Crippen LogP contribution in [-0.4, -0.2) is 35.2 Å². The van der Waals surface area contributed by atoms with Crippen LogP contribution in [0.15, 0.2) is 35.1 Å². The van der Waals surface area contributed by atoms with Crippen LogP contribution >= 0.6 is 24.8 Å². The maximum atomic E-state index is 12.1. The first-order valence-electron chi connectivity index (χ1n) is 6.71. The number of halogens is 2. The van der Waals surface area contributed by atoms with Gasteiger partial charge in [-0.05, 0) is 31.5 Å². The molecule has 8 heteroatoms. The van der Waals surface area contributed by atoms with Crippen molar-refractivity contribution in [1.82, 2.24) is 20.8 Å². The summed E-state index contributed by atoms with van der Waals surface area (Å²) in [5, 5.41) is 10.0. The lowest BCUT2D eigenvalue weighted by atomic mass is 10.1. The normalized spacial score (nSPS) is 17.0. The number of pyridine rings is 1. The van der Waals surface area contributed by atoms with Crippen LogP contribution in [0.25, 0.3) is 11.3 Å². The van der Waals surface area contributed by atoms with E-state index in [1.54, 1.807) is 18.5 Å². The second kappa shape index (κ2) is 8.73. The van der Waals surface area contributed by atoms with E-state index in [0.717, 1.165) is 31.5 Å². The zero-order chi connectivity index (χ0) is 13.8. The van der Waals surface area contributed by atoms with Crippen molar-refractivity contribution in [2.75, 3.05) is 13.1 Å². The third kappa shape index (κ3) is 4.43. The van der Waals surface area contributed by atoms with E-state index in [1.807, 2.05) is 12.1 Å². The third-order valence-electron chi connectivity index (χ3n) is 3.32. The Kier molecular flexibility index (Phi) is 7.31. The monoisotopic (exact) mass is 344 g/mol. The number of piperidine rings is 1. The minimum atomic E-state index is -0.197. The Balaban J connectivity index is 0.00000121. The molecule has 1 fully saturated rings. The Hall–Kier alpha value is -1.63. The highest BCUT2D eigenvalue weighted by Crippen LogP contribution is 2.18. The lowest BCUT2D eigenvalue weighted by molar-refractivity contribution is 0.0921. The van der Waals surface area contributed by atoms with E-state index < -0.39 is 0 Å². The van der Waals surface area contributed by atoms with Crippen LogP contribution in [0.3, 0.4) is 0 Å². The van der Waals surface area contributed by atoms with Crippen molar-refractivity contribution >= 4 is 30.7 Å². The van der Waals surface area contributed by atoms with Gasteiger partial charge in [0, 0.05) is 36.6 Å². The second-order valence-electron chi connectivity index (χ2n) is 4.83. The van der Waals surface area contributed by atoms with Gasteiger partial charge >= 0.3 is 0 Å². The largest absolute Gasteiger partial charge is 0.355 e. The van der Waals surface area contributed by atoms with Crippen molar-refractivity contribution in [3.63, 3.8) is 0 Å². The Bertz CT molecular complexity index is 586. The van der Waals surface area contributed by atoms with Crippen molar-refractivity contribution in [3.05, 3.63) is 36.3 Å². The Labute approximate surface area is 140 Å². The van der Waals surface area contributed by atoms with Crippen molar-refractivity contribution in [1.29, 1.82) is 0 Å². The summed E-state index contributed by atoms with van der Waals surface area (Å²) in [6.07, 6.45) is 5.42. The van der Waals surface area contributed by atoms with Crippen LogP contribution in [-0.2, 0) is 0 Å². The average molecular weight is 345 g/mol. The maximum absolute atomic E-state index is 12.1. The Morgan fingerprint density at radius 3 is 2.95 bits per heavy atom. The third-order valence-corrected chi connectivity index (χ3v) is 3.32. The number of carbonyl (C=O) groups excluding carboxylic acids is 1. The van der Waals surface area contributed by atoms with Gasteiger partial charge in [-0.15, -0.1) is 24.8 Å². The van der Waals surface area contributed by atoms with E-state index in [4.69, 9.17) is 4.52 Å². The fourth-order valence-electron chi connectivity index (χ4n) is 2.26. The zero-order valence-electron chi connectivity index (χ0n) is 11.8. The van der Waals surface area contributed by atoms with Gasteiger partial charge in [-0.1, -0.05) is 5.16 Å². The van der Waals surface area contributed by atoms with Crippen LogP contribution in [0.5, 0.6) is 0 Å². The molecule has 2 aromatic rings. The molecule has 1 aliphatic heterocycles. The first kappa shape index (κ1) is 18.4. The molecule has 6 nitrogen and oxygen atoms in total. The van der Waals surface area contributed by atoms with E-state index >= 15 is 0 Å². The zero-order valence-corrected chi connectivity index (χ0v) is 13.5. The number of carbonyl (C=O) groups is 1. The minimum absolute atomic E-state index is 0. The predicted octanol–water partition coefficient (Wildman–Crippen LogP) is 2.06. The fraction of sp³-hybridized carbons (Fsp3) is 0.357. The molecule has 0 bridgehead atoms. The van der Waals surface area contributed by atoms with Crippen molar-refractivity contribution in [2.45, 2.75) is 18.9 Å². The number of nitrogens with zero attached hydrogens (tertiary/aromatic N) is 2. The quantitative estimate of drug-likeness (QED) is 0.890. The number of hydrogen-bond acceptors (Lipinski definition) is 5. The molecule has 0 saturated carbocycles. The van der Waals surface area contributed by atoms with E-state index in [9.17, 15) is 4.79 Å². The van der Waals surface area contributed by atoms with E-state index in [0.29, 0.717) is 11.5 Å². The van der Waals surface area contributed by atoms with Crippen LogP contribution in [0.2, 0.25) is 0 Å². The first-order chi connectivity index (χ1) is 9.83. The summed E-state index contributed by atoms with van der Waals surface area (Å²) in [5.74, 6) is 0.350. The standard InChI is InChI=1S/C14H16N4O2.2ClH/c19-14(17-11-4-2-6-16-9-11)12-7-13(20-18-12)10-3-1-5-15-8-10;;/h1,3,5,7-8,11,16H,2,4,6,9H2,(H,17,19);2*1H/t11-;;/m0../s1. The molecular formula is C14H18Cl2N4O2. The molecule has 1 aliphatic rings. The summed E-state index contributed by atoms with van der Waals surface area (Å²) < 4.78 is 5.19. The molecule has 0 unspecified atom stereocenters. The molecule has 2 N–H and O–H groups in total. The van der Waals surface area contributed by atoms with Crippen LogP contribution in [0.4, 0.5) is 0 Å². The molecule has 1 amide bonds. The average Bonchev–Trinajstić information content (AvgIpc) is 2.99. The minimum Gasteiger partial charge on any atom is -0.355 e. The van der Waals surface area contributed by atoms with Crippen molar-refractivity contribution in [3.8, 4) is 11.3 Å². The highest BCUT2D eigenvalue weighted by Gasteiger charge is 2.19. The molecule has 120 valence electrons. The molecule has 22 heavy (non-hydrogen) atoms. The molecular weight excluding hydrogens is 327 g/mol. The predicted molar refractivity (Wildman–Crippen MR) is 87.6 cm³/mol. The molecule has 3 rings (SSSR count). The lowest BCUT2D eigenvalue weighted by Crippen LogP contribution is -2.45. The van der Waals surface area contributed by atoms with Gasteiger partial charge in [0.2, 0.25) is 0 Å². The number of rotatable bonds is 3. The van der Waals surface area contributed by atoms with E-state index in [1.165, 1.54) is 0 Å². The molecule has 1 saturated heterocycles. The topological polar surface area (TPSA) is 80.0 Å². The van der Waals surface area contributed by atoms with Crippen LogP contribution < -0.4 is 10.6 Å². The molecule has 1 atom stereocenters. The number of amides is 1. The van der Waals surface area contributed by atoms with Gasteiger partial charge < -0.3 is 15.2 Å². The Morgan fingerprint density at radius 2 is 2.27 bits per heavy atom. The van der Waals surface area contributed by atoms with Crippen LogP contribution in [0, 0.1) is 0 Å². The van der Waals surface area contributed by atoms with Crippen molar-refractivity contribution in [2.24, 2.45) is 0 Å². The fourth-order valence-corrected chi connectivity index (χ4v) is 2.26. The van der Waals surface area contributed by atoms with Gasteiger partial charge in [0.05, 0.1) is 0 Å². The summed E-state index contributed by atoms with van der Waals surface area (Å²) in [6, 6.07) is 5.48. The highest BCUT2D eigenvalue weighted by atomic mass is 35.5. The summed E-state index contributed by atoms with van der Waals surface area (Å²) in [4.78, 5) is 16.1. The van der Waals surface area contributed by atoms with Gasteiger partial charge in [-0.3, -0.25) is 9.78 Å². The molecule has 0 spiro atoms. The number of nitrogens with one attached hydrogen (secondary N) is 2. The van der Waals surface area contributed by atoms with Gasteiger partial charge in [-0.2, -0.15) is 0 Å².